The van der Waals surface area contributed by atoms with E-state index in [1.165, 1.54) is 11.8 Å². The Morgan fingerprint density at radius 3 is 2.42 bits per heavy atom. The average Bonchev–Trinajstić information content (AvgIpc) is 3.14. The van der Waals surface area contributed by atoms with Crippen molar-refractivity contribution in [2.45, 2.75) is 39.8 Å². The molecule has 0 bridgehead atoms. The van der Waals surface area contributed by atoms with Crippen LogP contribution in [0.2, 0.25) is 0 Å². The van der Waals surface area contributed by atoms with E-state index in [0.717, 1.165) is 33.6 Å². The Labute approximate surface area is 188 Å². The van der Waals surface area contributed by atoms with Crippen LogP contribution in [0.5, 0.6) is 0 Å². The van der Waals surface area contributed by atoms with Crippen LogP contribution in [0.25, 0.3) is 0 Å². The van der Waals surface area contributed by atoms with Crippen molar-refractivity contribution in [3.63, 3.8) is 0 Å². The normalized spacial score (nSPS) is 21.7. The quantitative estimate of drug-likeness (QED) is 0.758. The SMILES string of the molecule is Cc1ccc(NC(=O)CSC2=N[C@H]3CS(=O)(=O)C[C@@H]3N2c2ccc(C)cc2C)c(C)c1. The molecule has 2 atom stereocenters. The molecule has 2 heterocycles. The molecule has 0 aliphatic carbocycles. The van der Waals surface area contributed by atoms with E-state index >= 15 is 0 Å². The fraction of sp³-hybridized carbons (Fsp3) is 0.391. The van der Waals surface area contributed by atoms with Gasteiger partial charge in [0.25, 0.3) is 0 Å². The van der Waals surface area contributed by atoms with Gasteiger partial charge in [-0.05, 0) is 51.0 Å². The standard InChI is InChI=1S/C23H27N3O3S2/c1-14-5-7-18(16(3)9-14)24-22(27)11-30-23-25-19-12-31(28,29)13-21(19)26(23)20-8-6-15(2)10-17(20)4/h5-10,19,21H,11-13H2,1-4H3,(H,24,27)/t19-,21-/m0/s1. The van der Waals surface area contributed by atoms with Crippen LogP contribution in [-0.2, 0) is 14.6 Å². The number of nitrogens with zero attached hydrogens (tertiary/aromatic N) is 2. The van der Waals surface area contributed by atoms with Gasteiger partial charge >= 0.3 is 0 Å². The van der Waals surface area contributed by atoms with Gasteiger partial charge in [-0.2, -0.15) is 0 Å². The van der Waals surface area contributed by atoms with Gasteiger partial charge in [-0.1, -0.05) is 47.2 Å². The summed E-state index contributed by atoms with van der Waals surface area (Å²) >= 11 is 1.36. The van der Waals surface area contributed by atoms with Crippen LogP contribution in [-0.4, -0.2) is 48.8 Å². The third kappa shape index (κ3) is 4.65. The smallest absolute Gasteiger partial charge is 0.234 e. The largest absolute Gasteiger partial charge is 0.325 e. The lowest BCUT2D eigenvalue weighted by Crippen LogP contribution is -2.39. The number of benzene rings is 2. The number of hydrogen-bond acceptors (Lipinski definition) is 6. The molecule has 0 spiro atoms. The van der Waals surface area contributed by atoms with Crippen LogP contribution in [0, 0.1) is 27.7 Å². The second kappa shape index (κ2) is 8.31. The van der Waals surface area contributed by atoms with Crippen molar-refractivity contribution in [1.82, 2.24) is 0 Å². The molecule has 2 aromatic rings. The number of aryl methyl sites for hydroxylation is 4. The van der Waals surface area contributed by atoms with Crippen LogP contribution in [0.4, 0.5) is 11.4 Å². The second-order valence-electron chi connectivity index (χ2n) is 8.44. The van der Waals surface area contributed by atoms with Crippen LogP contribution in [0.15, 0.2) is 41.4 Å². The molecule has 1 fully saturated rings. The lowest BCUT2D eigenvalue weighted by atomic mass is 10.1. The van der Waals surface area contributed by atoms with Gasteiger partial charge in [0.15, 0.2) is 15.0 Å². The number of amides is 1. The molecule has 0 unspecified atom stereocenters. The zero-order valence-corrected chi connectivity index (χ0v) is 19.8. The maximum Gasteiger partial charge on any atom is 0.234 e. The van der Waals surface area contributed by atoms with Gasteiger partial charge in [-0.3, -0.25) is 9.79 Å². The molecule has 2 aliphatic heterocycles. The highest BCUT2D eigenvalue weighted by molar-refractivity contribution is 8.14. The molecular formula is C23H27N3O3S2. The first-order valence-corrected chi connectivity index (χ1v) is 13.1. The monoisotopic (exact) mass is 457 g/mol. The summed E-state index contributed by atoms with van der Waals surface area (Å²) in [4.78, 5) is 19.4. The predicted molar refractivity (Wildman–Crippen MR) is 129 cm³/mol. The number of fused-ring (bicyclic) bond motifs is 1. The molecule has 8 heteroatoms. The number of anilines is 2. The molecule has 2 aliphatic rings. The molecule has 0 saturated carbocycles. The van der Waals surface area contributed by atoms with Crippen molar-refractivity contribution >= 4 is 44.0 Å². The summed E-state index contributed by atoms with van der Waals surface area (Å²) in [5.74, 6) is 0.259. The van der Waals surface area contributed by atoms with Crippen molar-refractivity contribution in [3.05, 3.63) is 58.7 Å². The fourth-order valence-corrected chi connectivity index (χ4v) is 7.02. The van der Waals surface area contributed by atoms with Crippen molar-refractivity contribution in [2.75, 3.05) is 27.5 Å². The molecule has 164 valence electrons. The zero-order chi connectivity index (χ0) is 22.3. The number of nitrogens with one attached hydrogen (secondary N) is 1. The Morgan fingerprint density at radius 2 is 1.74 bits per heavy atom. The predicted octanol–water partition coefficient (Wildman–Crippen LogP) is 3.63. The zero-order valence-electron chi connectivity index (χ0n) is 18.2. The maximum atomic E-state index is 12.6. The van der Waals surface area contributed by atoms with Gasteiger partial charge < -0.3 is 10.2 Å². The summed E-state index contributed by atoms with van der Waals surface area (Å²) in [5.41, 5.74) is 6.15. The summed E-state index contributed by atoms with van der Waals surface area (Å²) in [6, 6.07) is 11.6. The topological polar surface area (TPSA) is 78.8 Å². The summed E-state index contributed by atoms with van der Waals surface area (Å²) < 4.78 is 24.5. The number of carbonyl (C=O) groups excluding carboxylic acids is 1. The number of sulfone groups is 1. The molecule has 1 N–H and O–H groups in total. The van der Waals surface area contributed by atoms with Crippen molar-refractivity contribution in [2.24, 2.45) is 4.99 Å². The number of thioether (sulfide) groups is 1. The third-order valence-corrected chi connectivity index (χ3v) is 8.37. The fourth-order valence-electron chi connectivity index (χ4n) is 4.26. The van der Waals surface area contributed by atoms with Gasteiger partial charge in [0.2, 0.25) is 5.91 Å². The van der Waals surface area contributed by atoms with Gasteiger partial charge in [-0.25, -0.2) is 8.42 Å². The Kier molecular flexibility index (Phi) is 5.87. The van der Waals surface area contributed by atoms with Crippen molar-refractivity contribution < 1.29 is 13.2 Å². The van der Waals surface area contributed by atoms with Crippen LogP contribution < -0.4 is 10.2 Å². The first-order chi connectivity index (χ1) is 14.6. The van der Waals surface area contributed by atoms with E-state index in [2.05, 4.69) is 11.4 Å². The molecule has 6 nitrogen and oxygen atoms in total. The van der Waals surface area contributed by atoms with E-state index in [1.54, 1.807) is 0 Å². The Hall–Kier alpha value is -2.32. The third-order valence-electron chi connectivity index (χ3n) is 5.71. The van der Waals surface area contributed by atoms with E-state index in [0.29, 0.717) is 5.17 Å². The first kappa shape index (κ1) is 21.9. The molecule has 0 aromatic heterocycles. The number of aliphatic imine (C=N–C) groups is 1. The van der Waals surface area contributed by atoms with Gasteiger partial charge in [0, 0.05) is 11.4 Å². The number of carbonyl (C=O) groups is 1. The molecule has 1 amide bonds. The van der Waals surface area contributed by atoms with Crippen LogP contribution in [0.3, 0.4) is 0 Å². The highest BCUT2D eigenvalue weighted by Crippen LogP contribution is 2.36. The maximum absolute atomic E-state index is 12.6. The molecule has 0 radical (unpaired) electrons. The minimum absolute atomic E-state index is 0.0674. The van der Waals surface area contributed by atoms with E-state index < -0.39 is 9.84 Å². The molecule has 2 aromatic carbocycles. The van der Waals surface area contributed by atoms with Crippen LogP contribution >= 0.6 is 11.8 Å². The van der Waals surface area contributed by atoms with E-state index in [1.807, 2.05) is 62.9 Å². The Morgan fingerprint density at radius 1 is 1.06 bits per heavy atom. The van der Waals surface area contributed by atoms with Crippen molar-refractivity contribution in [1.29, 1.82) is 0 Å². The highest BCUT2D eigenvalue weighted by atomic mass is 32.2. The van der Waals surface area contributed by atoms with E-state index in [9.17, 15) is 13.2 Å². The number of rotatable bonds is 4. The van der Waals surface area contributed by atoms with E-state index in [4.69, 9.17) is 4.99 Å². The molecule has 1 saturated heterocycles. The Balaban J connectivity index is 1.53. The van der Waals surface area contributed by atoms with Crippen LogP contribution in [0.1, 0.15) is 22.3 Å². The number of hydrogen-bond donors (Lipinski definition) is 1. The first-order valence-electron chi connectivity index (χ1n) is 10.3. The molecule has 4 rings (SSSR count). The second-order valence-corrected chi connectivity index (χ2v) is 11.5. The minimum atomic E-state index is -3.11. The van der Waals surface area contributed by atoms with Gasteiger partial charge in [0.05, 0.1) is 29.3 Å². The lowest BCUT2D eigenvalue weighted by Gasteiger charge is -2.28. The van der Waals surface area contributed by atoms with Crippen molar-refractivity contribution in [3.8, 4) is 0 Å². The summed E-state index contributed by atoms with van der Waals surface area (Å²) in [5, 5.41) is 3.68. The number of amidine groups is 1. The minimum Gasteiger partial charge on any atom is -0.325 e. The average molecular weight is 458 g/mol. The molecule has 31 heavy (non-hydrogen) atoms. The lowest BCUT2D eigenvalue weighted by molar-refractivity contribution is -0.113. The summed E-state index contributed by atoms with van der Waals surface area (Å²) in [6.07, 6.45) is 0. The van der Waals surface area contributed by atoms with E-state index in [-0.39, 0.29) is 35.2 Å². The van der Waals surface area contributed by atoms with Gasteiger partial charge in [-0.15, -0.1) is 0 Å². The Bertz CT molecular complexity index is 1170. The summed E-state index contributed by atoms with van der Waals surface area (Å²) in [6.45, 7) is 8.05. The molecular weight excluding hydrogens is 430 g/mol. The van der Waals surface area contributed by atoms with Gasteiger partial charge in [0.1, 0.15) is 0 Å². The summed E-state index contributed by atoms with van der Waals surface area (Å²) in [7, 11) is -3.11. The highest BCUT2D eigenvalue weighted by Gasteiger charge is 2.47.